The average Bonchev–Trinajstić information content (AvgIpc) is 3.19. The molecular formula is C19H21F2N5O. The molecule has 2 atom stereocenters. The Morgan fingerprint density at radius 1 is 1.41 bits per heavy atom. The van der Waals surface area contributed by atoms with Crippen LogP contribution in [0.3, 0.4) is 0 Å². The zero-order valence-electron chi connectivity index (χ0n) is 14.7. The molecule has 0 saturated heterocycles. The zero-order valence-corrected chi connectivity index (χ0v) is 14.7. The second kappa shape index (κ2) is 6.84. The minimum absolute atomic E-state index is 0.248. The summed E-state index contributed by atoms with van der Waals surface area (Å²) in [6.07, 6.45) is 12.6. The standard InChI is InChI=1S/C19H21F2N5O/c20-19(21)8-3-4-14(22)17(19)25-18(27)13-7-6-12(10-13)15-11-23-16-5-1-2-9-24-26(15)16/h1,5-6,9-11,14,17H,2-4,7-8,22H2,(H,25,27)/t14-,17?/m0/s1. The number of allylic oxidation sites excluding steroid dienone is 4. The number of nitrogens with two attached hydrogens (primary N) is 1. The molecule has 27 heavy (non-hydrogen) atoms. The van der Waals surface area contributed by atoms with Crippen LogP contribution in [0.5, 0.6) is 0 Å². The monoisotopic (exact) mass is 373 g/mol. The molecule has 0 aromatic carbocycles. The number of nitrogens with zero attached hydrogens (tertiary/aromatic N) is 3. The number of amides is 1. The number of halogens is 2. The molecule has 1 aliphatic heterocycles. The van der Waals surface area contributed by atoms with E-state index < -0.39 is 23.9 Å². The van der Waals surface area contributed by atoms with Crippen molar-refractivity contribution in [3.8, 4) is 0 Å². The highest BCUT2D eigenvalue weighted by Crippen LogP contribution is 2.34. The van der Waals surface area contributed by atoms with Crippen molar-refractivity contribution >= 4 is 23.8 Å². The summed E-state index contributed by atoms with van der Waals surface area (Å²) in [4.78, 5) is 16.9. The number of alkyl halides is 2. The first-order chi connectivity index (χ1) is 13.0. The van der Waals surface area contributed by atoms with E-state index in [0.717, 1.165) is 17.7 Å². The van der Waals surface area contributed by atoms with Crippen LogP contribution in [0.2, 0.25) is 0 Å². The van der Waals surface area contributed by atoms with Crippen molar-refractivity contribution in [2.45, 2.75) is 50.1 Å². The Kier molecular flexibility index (Phi) is 4.51. The van der Waals surface area contributed by atoms with Crippen LogP contribution in [0.15, 0.2) is 35.1 Å². The van der Waals surface area contributed by atoms with Gasteiger partial charge in [-0.2, -0.15) is 5.10 Å². The highest BCUT2D eigenvalue weighted by atomic mass is 19.3. The number of hydrogen-bond acceptors (Lipinski definition) is 4. The van der Waals surface area contributed by atoms with Crippen molar-refractivity contribution in [3.63, 3.8) is 0 Å². The van der Waals surface area contributed by atoms with Gasteiger partial charge < -0.3 is 11.1 Å². The minimum Gasteiger partial charge on any atom is -0.342 e. The third kappa shape index (κ3) is 3.37. The van der Waals surface area contributed by atoms with Crippen LogP contribution in [0.4, 0.5) is 8.78 Å². The van der Waals surface area contributed by atoms with E-state index in [1.807, 2.05) is 18.2 Å². The van der Waals surface area contributed by atoms with E-state index in [2.05, 4.69) is 15.4 Å². The molecule has 0 spiro atoms. The van der Waals surface area contributed by atoms with Crippen molar-refractivity contribution in [2.24, 2.45) is 10.8 Å². The predicted octanol–water partition coefficient (Wildman–Crippen LogP) is 2.48. The average molecular weight is 373 g/mol. The van der Waals surface area contributed by atoms with Gasteiger partial charge in [0.2, 0.25) is 5.91 Å². The first-order valence-corrected chi connectivity index (χ1v) is 9.08. The largest absolute Gasteiger partial charge is 0.342 e. The number of carbonyl (C=O) groups excluding carboxylic acids is 1. The van der Waals surface area contributed by atoms with Crippen LogP contribution in [-0.4, -0.2) is 39.8 Å². The van der Waals surface area contributed by atoms with Gasteiger partial charge in [-0.1, -0.05) is 12.2 Å². The number of carbonyl (C=O) groups is 1. The van der Waals surface area contributed by atoms with Gasteiger partial charge in [-0.25, -0.2) is 18.4 Å². The van der Waals surface area contributed by atoms with Crippen LogP contribution in [-0.2, 0) is 4.79 Å². The maximum absolute atomic E-state index is 14.1. The molecule has 2 heterocycles. The highest BCUT2D eigenvalue weighted by molar-refractivity contribution is 5.99. The molecule has 8 heteroatoms. The van der Waals surface area contributed by atoms with Crippen LogP contribution >= 0.6 is 0 Å². The van der Waals surface area contributed by atoms with Gasteiger partial charge in [-0.05, 0) is 37.0 Å². The van der Waals surface area contributed by atoms with Crippen LogP contribution < -0.4 is 11.1 Å². The topological polar surface area (TPSA) is 85.3 Å². The summed E-state index contributed by atoms with van der Waals surface area (Å²) < 4.78 is 30.0. The molecule has 1 aromatic rings. The molecule has 3 aliphatic rings. The first-order valence-electron chi connectivity index (χ1n) is 9.08. The summed E-state index contributed by atoms with van der Waals surface area (Å²) in [6.45, 7) is 0. The van der Waals surface area contributed by atoms with Crippen molar-refractivity contribution < 1.29 is 13.6 Å². The summed E-state index contributed by atoms with van der Waals surface area (Å²) in [6, 6.07) is -2.07. The van der Waals surface area contributed by atoms with Crippen molar-refractivity contribution in [1.82, 2.24) is 15.0 Å². The van der Waals surface area contributed by atoms with Crippen molar-refractivity contribution in [3.05, 3.63) is 41.5 Å². The van der Waals surface area contributed by atoms with Crippen LogP contribution in [0, 0.1) is 0 Å². The molecule has 2 aliphatic carbocycles. The van der Waals surface area contributed by atoms with Crippen molar-refractivity contribution in [2.75, 3.05) is 0 Å². The second-order valence-corrected chi connectivity index (χ2v) is 7.05. The maximum Gasteiger partial charge on any atom is 0.269 e. The number of rotatable bonds is 3. The maximum atomic E-state index is 14.1. The number of nitrogens with one attached hydrogen (secondary N) is 1. The van der Waals surface area contributed by atoms with E-state index in [1.165, 1.54) is 0 Å². The normalized spacial score (nSPS) is 26.2. The quantitative estimate of drug-likeness (QED) is 0.854. The van der Waals surface area contributed by atoms with E-state index in [-0.39, 0.29) is 6.42 Å². The first kappa shape index (κ1) is 17.8. The van der Waals surface area contributed by atoms with E-state index in [0.29, 0.717) is 30.7 Å². The molecule has 4 rings (SSSR count). The number of fused-ring (bicyclic) bond motifs is 1. The summed E-state index contributed by atoms with van der Waals surface area (Å²) in [7, 11) is 0. The number of aromatic nitrogens is 2. The Balaban J connectivity index is 1.52. The summed E-state index contributed by atoms with van der Waals surface area (Å²) in [5.74, 6) is -2.77. The number of imidazole rings is 1. The SMILES string of the molecule is N[C@H]1CCCC(F)(F)C1NC(=O)C1=CC(c2cnc3n2N=CCC=C3)=CC1. The molecule has 6 nitrogen and oxygen atoms in total. The van der Waals surface area contributed by atoms with Gasteiger partial charge in [0, 0.05) is 30.7 Å². The third-order valence-corrected chi connectivity index (χ3v) is 5.15. The fraction of sp³-hybridized carbons (Fsp3) is 0.421. The molecular weight excluding hydrogens is 352 g/mol. The fourth-order valence-electron chi connectivity index (χ4n) is 3.67. The molecule has 1 unspecified atom stereocenters. The van der Waals surface area contributed by atoms with E-state index in [4.69, 9.17) is 5.73 Å². The second-order valence-electron chi connectivity index (χ2n) is 7.05. The molecule has 1 saturated carbocycles. The Morgan fingerprint density at radius 2 is 2.26 bits per heavy atom. The van der Waals surface area contributed by atoms with Gasteiger partial charge in [0.15, 0.2) is 5.82 Å². The Morgan fingerprint density at radius 3 is 3.07 bits per heavy atom. The Bertz CT molecular complexity index is 881. The molecule has 3 N–H and O–H groups in total. The van der Waals surface area contributed by atoms with Gasteiger partial charge in [-0.3, -0.25) is 4.79 Å². The molecule has 0 radical (unpaired) electrons. The van der Waals surface area contributed by atoms with Crippen LogP contribution in [0.25, 0.3) is 11.6 Å². The summed E-state index contributed by atoms with van der Waals surface area (Å²) in [5.41, 5.74) is 7.83. The third-order valence-electron chi connectivity index (χ3n) is 5.15. The minimum atomic E-state index is -2.98. The lowest BCUT2D eigenvalue weighted by molar-refractivity contribution is -0.125. The van der Waals surface area contributed by atoms with Gasteiger partial charge >= 0.3 is 0 Å². The molecule has 0 bridgehead atoms. The van der Waals surface area contributed by atoms with Gasteiger partial charge in [-0.15, -0.1) is 0 Å². The zero-order chi connectivity index (χ0) is 19.0. The number of hydrogen-bond donors (Lipinski definition) is 2. The highest BCUT2D eigenvalue weighted by Gasteiger charge is 2.46. The Labute approximate surface area is 155 Å². The van der Waals surface area contributed by atoms with E-state index in [9.17, 15) is 13.6 Å². The molecule has 1 amide bonds. The smallest absolute Gasteiger partial charge is 0.269 e. The molecule has 1 aromatic heterocycles. The van der Waals surface area contributed by atoms with E-state index in [1.54, 1.807) is 23.2 Å². The lowest BCUT2D eigenvalue weighted by Crippen LogP contribution is -2.59. The summed E-state index contributed by atoms with van der Waals surface area (Å²) in [5, 5.41) is 6.82. The van der Waals surface area contributed by atoms with E-state index >= 15 is 0 Å². The molecule has 1 fully saturated rings. The van der Waals surface area contributed by atoms with Crippen molar-refractivity contribution in [1.29, 1.82) is 0 Å². The predicted molar refractivity (Wildman–Crippen MR) is 99.1 cm³/mol. The lowest BCUT2D eigenvalue weighted by Gasteiger charge is -2.36. The fourth-order valence-corrected chi connectivity index (χ4v) is 3.67. The summed E-state index contributed by atoms with van der Waals surface area (Å²) >= 11 is 0. The lowest BCUT2D eigenvalue weighted by atomic mass is 9.87. The Hall–Kier alpha value is -2.61. The van der Waals surface area contributed by atoms with Crippen LogP contribution in [0.1, 0.15) is 43.6 Å². The van der Waals surface area contributed by atoms with Gasteiger partial charge in [0.05, 0.1) is 11.9 Å². The van der Waals surface area contributed by atoms with Gasteiger partial charge in [0.1, 0.15) is 6.04 Å². The molecule has 142 valence electrons. The van der Waals surface area contributed by atoms with Gasteiger partial charge in [0.25, 0.3) is 5.92 Å².